The lowest BCUT2D eigenvalue weighted by Gasteiger charge is -2.11. The zero-order valence-electron chi connectivity index (χ0n) is 14.5. The Morgan fingerprint density at radius 1 is 0.893 bits per heavy atom. The van der Waals surface area contributed by atoms with Crippen LogP contribution in [0.2, 0.25) is 10.0 Å². The fourth-order valence-electron chi connectivity index (χ4n) is 2.78. The van der Waals surface area contributed by atoms with Crippen LogP contribution in [-0.2, 0) is 12.8 Å². The molecule has 0 radical (unpaired) electrons. The molecule has 0 heterocycles. The first-order valence-corrected chi connectivity index (χ1v) is 9.11. The number of carboxylic acids is 1. The predicted octanol–water partition coefficient (Wildman–Crippen LogP) is 6.50. The van der Waals surface area contributed by atoms with Gasteiger partial charge in [-0.25, -0.2) is 13.6 Å². The standard InChI is InChI=1S/C21H15Cl2F2NO2/c22-16-8-5-13(9-17(16)23)2-1-12-3-6-15(7-4-12)26-19-11-14(24)10-18(25)20(19)21(27)28/h3-11,26H,1-2H2,(H,27,28). The Labute approximate surface area is 170 Å². The molecule has 3 nitrogen and oxygen atoms in total. The van der Waals surface area contributed by atoms with Crippen LogP contribution >= 0.6 is 23.2 Å². The Bertz CT molecular complexity index is 1020. The number of carbonyl (C=O) groups is 1. The van der Waals surface area contributed by atoms with Gasteiger partial charge in [0.05, 0.1) is 15.7 Å². The van der Waals surface area contributed by atoms with E-state index >= 15 is 0 Å². The van der Waals surface area contributed by atoms with E-state index in [1.807, 2.05) is 24.3 Å². The number of benzene rings is 3. The molecule has 0 aromatic heterocycles. The van der Waals surface area contributed by atoms with Crippen LogP contribution in [-0.4, -0.2) is 11.1 Å². The number of aromatic carboxylic acids is 1. The molecular weight excluding hydrogens is 407 g/mol. The maximum absolute atomic E-state index is 13.8. The lowest BCUT2D eigenvalue weighted by Crippen LogP contribution is -2.07. The summed E-state index contributed by atoms with van der Waals surface area (Å²) in [6.45, 7) is 0. The molecule has 3 aromatic rings. The van der Waals surface area contributed by atoms with Gasteiger partial charge in [-0.05, 0) is 54.3 Å². The van der Waals surface area contributed by atoms with E-state index in [1.54, 1.807) is 18.2 Å². The Hall–Kier alpha value is -2.63. The molecule has 0 atom stereocenters. The average molecular weight is 422 g/mol. The third kappa shape index (κ3) is 4.80. The second kappa shape index (κ2) is 8.59. The zero-order valence-corrected chi connectivity index (χ0v) is 16.0. The van der Waals surface area contributed by atoms with Crippen LogP contribution in [0.3, 0.4) is 0 Å². The molecule has 0 spiro atoms. The second-order valence-corrected chi connectivity index (χ2v) is 7.00. The van der Waals surface area contributed by atoms with Crippen molar-refractivity contribution < 1.29 is 18.7 Å². The van der Waals surface area contributed by atoms with E-state index in [2.05, 4.69) is 5.32 Å². The molecule has 0 amide bonds. The van der Waals surface area contributed by atoms with E-state index in [0.717, 1.165) is 30.0 Å². The number of halogens is 4. The average Bonchev–Trinajstić information content (AvgIpc) is 2.63. The van der Waals surface area contributed by atoms with Gasteiger partial charge in [0, 0.05) is 11.8 Å². The van der Waals surface area contributed by atoms with Gasteiger partial charge in [-0.2, -0.15) is 0 Å². The van der Waals surface area contributed by atoms with Crippen molar-refractivity contribution >= 4 is 40.5 Å². The first-order valence-electron chi connectivity index (χ1n) is 8.35. The van der Waals surface area contributed by atoms with Gasteiger partial charge >= 0.3 is 5.97 Å². The molecule has 28 heavy (non-hydrogen) atoms. The smallest absolute Gasteiger partial charge is 0.340 e. The molecule has 0 aliphatic carbocycles. The molecule has 2 N–H and O–H groups in total. The minimum Gasteiger partial charge on any atom is -0.478 e. The van der Waals surface area contributed by atoms with Gasteiger partial charge in [-0.1, -0.05) is 41.4 Å². The topological polar surface area (TPSA) is 49.3 Å². The highest BCUT2D eigenvalue weighted by molar-refractivity contribution is 6.42. The molecule has 0 saturated heterocycles. The number of hydrogen-bond donors (Lipinski definition) is 2. The maximum atomic E-state index is 13.8. The SMILES string of the molecule is O=C(O)c1c(F)cc(F)cc1Nc1ccc(CCc2ccc(Cl)c(Cl)c2)cc1. The van der Waals surface area contributed by atoms with Crippen molar-refractivity contribution in [2.24, 2.45) is 0 Å². The van der Waals surface area contributed by atoms with Crippen LogP contribution in [0.15, 0.2) is 54.6 Å². The van der Waals surface area contributed by atoms with Gasteiger partial charge in [-0.15, -0.1) is 0 Å². The highest BCUT2D eigenvalue weighted by atomic mass is 35.5. The third-order valence-electron chi connectivity index (χ3n) is 4.19. The molecule has 144 valence electrons. The fourth-order valence-corrected chi connectivity index (χ4v) is 3.10. The summed E-state index contributed by atoms with van der Waals surface area (Å²) < 4.78 is 27.2. The van der Waals surface area contributed by atoms with E-state index in [4.69, 9.17) is 28.3 Å². The normalized spacial score (nSPS) is 10.7. The van der Waals surface area contributed by atoms with Crippen molar-refractivity contribution in [2.45, 2.75) is 12.8 Å². The number of carboxylic acid groups (broad SMARTS) is 1. The van der Waals surface area contributed by atoms with E-state index in [0.29, 0.717) is 21.8 Å². The summed E-state index contributed by atoms with van der Waals surface area (Å²) >= 11 is 11.9. The quantitative estimate of drug-likeness (QED) is 0.477. The minimum absolute atomic E-state index is 0.145. The lowest BCUT2D eigenvalue weighted by atomic mass is 10.0. The number of nitrogens with one attached hydrogen (secondary N) is 1. The number of aryl methyl sites for hydroxylation is 2. The summed E-state index contributed by atoms with van der Waals surface area (Å²) in [4.78, 5) is 11.2. The van der Waals surface area contributed by atoms with E-state index in [-0.39, 0.29) is 5.69 Å². The van der Waals surface area contributed by atoms with Crippen molar-refractivity contribution in [3.63, 3.8) is 0 Å². The van der Waals surface area contributed by atoms with Gasteiger partial charge in [-0.3, -0.25) is 0 Å². The fraction of sp³-hybridized carbons (Fsp3) is 0.0952. The summed E-state index contributed by atoms with van der Waals surface area (Å²) in [5.74, 6) is -3.46. The monoisotopic (exact) mass is 421 g/mol. The molecule has 0 saturated carbocycles. The molecule has 0 bridgehead atoms. The Balaban J connectivity index is 1.71. The summed E-state index contributed by atoms with van der Waals surface area (Å²) in [5, 5.41) is 12.9. The van der Waals surface area contributed by atoms with Crippen molar-refractivity contribution in [1.82, 2.24) is 0 Å². The molecule has 3 aromatic carbocycles. The van der Waals surface area contributed by atoms with Crippen molar-refractivity contribution in [2.75, 3.05) is 5.32 Å². The lowest BCUT2D eigenvalue weighted by molar-refractivity contribution is 0.0693. The number of anilines is 2. The summed E-state index contributed by atoms with van der Waals surface area (Å²) in [5.41, 5.74) is 1.86. The first kappa shape index (κ1) is 20.1. The minimum atomic E-state index is -1.47. The van der Waals surface area contributed by atoms with Gasteiger partial charge in [0.1, 0.15) is 17.2 Å². The van der Waals surface area contributed by atoms with Crippen LogP contribution in [0.5, 0.6) is 0 Å². The molecule has 0 aliphatic heterocycles. The van der Waals surface area contributed by atoms with Gasteiger partial charge in [0.25, 0.3) is 0 Å². The number of hydrogen-bond acceptors (Lipinski definition) is 2. The molecule has 3 rings (SSSR count). The molecule has 0 fully saturated rings. The highest BCUT2D eigenvalue weighted by Gasteiger charge is 2.18. The maximum Gasteiger partial charge on any atom is 0.340 e. The van der Waals surface area contributed by atoms with Gasteiger partial charge in [0.2, 0.25) is 0 Å². The van der Waals surface area contributed by atoms with Crippen molar-refractivity contribution in [1.29, 1.82) is 0 Å². The summed E-state index contributed by atoms with van der Waals surface area (Å²) in [6.07, 6.45) is 1.52. The first-order chi connectivity index (χ1) is 13.3. The van der Waals surface area contributed by atoms with Crippen molar-refractivity contribution in [3.8, 4) is 0 Å². The Morgan fingerprint density at radius 2 is 1.54 bits per heavy atom. The van der Waals surface area contributed by atoms with Crippen LogP contribution in [0.4, 0.5) is 20.2 Å². The summed E-state index contributed by atoms with van der Waals surface area (Å²) in [7, 11) is 0. The van der Waals surface area contributed by atoms with E-state index in [9.17, 15) is 13.6 Å². The van der Waals surface area contributed by atoms with E-state index < -0.39 is 23.2 Å². The Morgan fingerprint density at radius 3 is 2.18 bits per heavy atom. The van der Waals surface area contributed by atoms with Crippen LogP contribution in [0.25, 0.3) is 0 Å². The Kier molecular flexibility index (Phi) is 6.17. The van der Waals surface area contributed by atoms with Crippen LogP contribution < -0.4 is 5.32 Å². The predicted molar refractivity (Wildman–Crippen MR) is 107 cm³/mol. The second-order valence-electron chi connectivity index (χ2n) is 6.19. The highest BCUT2D eigenvalue weighted by Crippen LogP contribution is 2.26. The molecule has 0 aliphatic rings. The third-order valence-corrected chi connectivity index (χ3v) is 4.93. The molecular formula is C21H15Cl2F2NO2. The largest absolute Gasteiger partial charge is 0.478 e. The van der Waals surface area contributed by atoms with Gasteiger partial charge < -0.3 is 10.4 Å². The number of rotatable bonds is 6. The zero-order chi connectivity index (χ0) is 20.3. The molecule has 7 heteroatoms. The summed E-state index contributed by atoms with van der Waals surface area (Å²) in [6, 6.07) is 14.1. The van der Waals surface area contributed by atoms with Gasteiger partial charge in [0.15, 0.2) is 0 Å². The van der Waals surface area contributed by atoms with Crippen molar-refractivity contribution in [3.05, 3.63) is 93.0 Å². The van der Waals surface area contributed by atoms with E-state index in [1.165, 1.54) is 0 Å². The van der Waals surface area contributed by atoms with Crippen LogP contribution in [0.1, 0.15) is 21.5 Å². The van der Waals surface area contributed by atoms with Crippen LogP contribution in [0, 0.1) is 11.6 Å². The molecule has 0 unspecified atom stereocenters.